The van der Waals surface area contributed by atoms with Gasteiger partial charge in [-0.1, -0.05) is 47.7 Å². The van der Waals surface area contributed by atoms with Gasteiger partial charge >= 0.3 is 0 Å². The lowest BCUT2D eigenvalue weighted by molar-refractivity contribution is -0.114. The van der Waals surface area contributed by atoms with Gasteiger partial charge in [0.15, 0.2) is 11.5 Å². The second-order valence-corrected chi connectivity index (χ2v) is 9.02. The zero-order chi connectivity index (χ0) is 24.2. The normalized spacial score (nSPS) is 14.1. The van der Waals surface area contributed by atoms with Gasteiger partial charge in [0.2, 0.25) is 0 Å². The first-order chi connectivity index (χ1) is 16.4. The Labute approximate surface area is 203 Å². The van der Waals surface area contributed by atoms with Crippen molar-refractivity contribution < 1.29 is 19.1 Å². The molecule has 3 aromatic carbocycles. The van der Waals surface area contributed by atoms with Crippen molar-refractivity contribution in [2.24, 2.45) is 0 Å². The van der Waals surface area contributed by atoms with Gasteiger partial charge in [-0.15, -0.1) is 0 Å². The highest BCUT2D eigenvalue weighted by atomic mass is 32.2. The van der Waals surface area contributed by atoms with Crippen LogP contribution in [0.4, 0.5) is 5.69 Å². The van der Waals surface area contributed by atoms with Crippen LogP contribution in [0.5, 0.6) is 11.5 Å². The summed E-state index contributed by atoms with van der Waals surface area (Å²) in [7, 11) is 4.88. The standard InChI is InChI=1S/C27H26N2O4S/c1-17-5-7-18(8-6-17)16-28-26(30)20-10-12-24-21(15-20)29(2)27(31)25(34-24)14-19-9-11-22(32-3)23(13-19)33-4/h5-15H,16H2,1-4H3,(H,28,30)/b25-14-. The van der Waals surface area contributed by atoms with Crippen LogP contribution in [0.1, 0.15) is 27.0 Å². The number of hydrogen-bond acceptors (Lipinski definition) is 5. The van der Waals surface area contributed by atoms with Crippen molar-refractivity contribution in [2.45, 2.75) is 18.4 Å². The van der Waals surface area contributed by atoms with Gasteiger partial charge in [-0.05, 0) is 54.5 Å². The maximum Gasteiger partial charge on any atom is 0.264 e. The molecule has 0 spiro atoms. The van der Waals surface area contributed by atoms with Gasteiger partial charge in [-0.25, -0.2) is 0 Å². The Morgan fingerprint density at radius 1 is 1.00 bits per heavy atom. The van der Waals surface area contributed by atoms with E-state index in [0.29, 0.717) is 34.2 Å². The van der Waals surface area contributed by atoms with E-state index in [1.165, 1.54) is 17.3 Å². The number of carbonyl (C=O) groups excluding carboxylic acids is 2. The molecule has 0 aromatic heterocycles. The van der Waals surface area contributed by atoms with Crippen LogP contribution in [-0.2, 0) is 11.3 Å². The molecule has 3 aromatic rings. The Hall–Kier alpha value is -3.71. The molecule has 0 saturated carbocycles. The summed E-state index contributed by atoms with van der Waals surface area (Å²) < 4.78 is 10.6. The zero-order valence-electron chi connectivity index (χ0n) is 19.5. The topological polar surface area (TPSA) is 67.9 Å². The van der Waals surface area contributed by atoms with E-state index >= 15 is 0 Å². The smallest absolute Gasteiger partial charge is 0.264 e. The molecular formula is C27H26N2O4S. The summed E-state index contributed by atoms with van der Waals surface area (Å²) in [5.74, 6) is 0.911. The molecule has 0 fully saturated rings. The Morgan fingerprint density at radius 3 is 2.44 bits per heavy atom. The number of aryl methyl sites for hydroxylation is 1. The highest BCUT2D eigenvalue weighted by molar-refractivity contribution is 8.04. The summed E-state index contributed by atoms with van der Waals surface area (Å²) in [4.78, 5) is 28.9. The molecule has 2 amide bonds. The number of rotatable bonds is 6. The predicted molar refractivity (Wildman–Crippen MR) is 136 cm³/mol. The molecule has 0 aliphatic carbocycles. The highest BCUT2D eigenvalue weighted by Crippen LogP contribution is 2.42. The number of methoxy groups -OCH3 is 2. The molecule has 0 unspecified atom stereocenters. The fraction of sp³-hybridized carbons (Fsp3) is 0.185. The Kier molecular flexibility index (Phi) is 6.93. The second kappa shape index (κ2) is 10.1. The Morgan fingerprint density at radius 2 is 1.74 bits per heavy atom. The van der Waals surface area contributed by atoms with E-state index < -0.39 is 0 Å². The van der Waals surface area contributed by atoms with Crippen LogP contribution in [0.3, 0.4) is 0 Å². The molecular weight excluding hydrogens is 448 g/mol. The van der Waals surface area contributed by atoms with Crippen LogP contribution in [0.15, 0.2) is 70.5 Å². The lowest BCUT2D eigenvalue weighted by atomic mass is 10.1. The number of thioether (sulfide) groups is 1. The number of nitrogens with one attached hydrogen (secondary N) is 1. The molecule has 0 radical (unpaired) electrons. The summed E-state index contributed by atoms with van der Waals surface area (Å²) in [6.45, 7) is 2.47. The largest absolute Gasteiger partial charge is 0.493 e. The number of ether oxygens (including phenoxy) is 2. The van der Waals surface area contributed by atoms with Crippen molar-refractivity contribution in [1.29, 1.82) is 0 Å². The van der Waals surface area contributed by atoms with Crippen LogP contribution in [0.25, 0.3) is 6.08 Å². The third-order valence-electron chi connectivity index (χ3n) is 5.60. The minimum Gasteiger partial charge on any atom is -0.493 e. The van der Waals surface area contributed by atoms with Gasteiger partial charge in [0.25, 0.3) is 11.8 Å². The van der Waals surface area contributed by atoms with Crippen molar-refractivity contribution in [3.8, 4) is 11.5 Å². The molecule has 7 heteroatoms. The molecule has 1 N–H and O–H groups in total. The van der Waals surface area contributed by atoms with Crippen molar-refractivity contribution in [2.75, 3.05) is 26.2 Å². The predicted octanol–water partition coefficient (Wildman–Crippen LogP) is 5.05. The maximum atomic E-state index is 13.1. The van der Waals surface area contributed by atoms with E-state index in [1.54, 1.807) is 38.3 Å². The van der Waals surface area contributed by atoms with Crippen LogP contribution in [0, 0.1) is 6.92 Å². The third-order valence-corrected chi connectivity index (χ3v) is 6.67. The Balaban J connectivity index is 1.53. The van der Waals surface area contributed by atoms with E-state index in [1.807, 2.05) is 61.5 Å². The van der Waals surface area contributed by atoms with E-state index in [4.69, 9.17) is 9.47 Å². The number of likely N-dealkylation sites (N-methyl/N-ethyl adjacent to an activating group) is 1. The zero-order valence-corrected chi connectivity index (χ0v) is 20.4. The second-order valence-electron chi connectivity index (χ2n) is 7.94. The quantitative estimate of drug-likeness (QED) is 0.507. The van der Waals surface area contributed by atoms with Gasteiger partial charge in [-0.3, -0.25) is 9.59 Å². The van der Waals surface area contributed by atoms with E-state index in [2.05, 4.69) is 5.32 Å². The van der Waals surface area contributed by atoms with Crippen molar-refractivity contribution in [3.63, 3.8) is 0 Å². The molecule has 0 saturated heterocycles. The summed E-state index contributed by atoms with van der Waals surface area (Å²) >= 11 is 1.39. The summed E-state index contributed by atoms with van der Waals surface area (Å²) in [5.41, 5.74) is 4.26. The molecule has 174 valence electrons. The van der Waals surface area contributed by atoms with Gasteiger partial charge in [-0.2, -0.15) is 0 Å². The van der Waals surface area contributed by atoms with Crippen molar-refractivity contribution in [1.82, 2.24) is 5.32 Å². The minimum absolute atomic E-state index is 0.135. The fourth-order valence-corrected chi connectivity index (χ4v) is 4.71. The van der Waals surface area contributed by atoms with E-state index in [0.717, 1.165) is 16.0 Å². The summed E-state index contributed by atoms with van der Waals surface area (Å²) in [5, 5.41) is 2.95. The lowest BCUT2D eigenvalue weighted by Crippen LogP contribution is -2.31. The van der Waals surface area contributed by atoms with Gasteiger partial charge in [0, 0.05) is 24.1 Å². The monoisotopic (exact) mass is 474 g/mol. The number of anilines is 1. The number of benzene rings is 3. The molecule has 0 bridgehead atoms. The van der Waals surface area contributed by atoms with Crippen LogP contribution < -0.4 is 19.7 Å². The Bertz CT molecular complexity index is 1270. The van der Waals surface area contributed by atoms with Gasteiger partial charge in [0.1, 0.15) is 0 Å². The summed E-state index contributed by atoms with van der Waals surface area (Å²) in [6.07, 6.45) is 1.83. The highest BCUT2D eigenvalue weighted by Gasteiger charge is 2.27. The van der Waals surface area contributed by atoms with E-state index in [-0.39, 0.29) is 11.8 Å². The first kappa shape index (κ1) is 23.4. The van der Waals surface area contributed by atoms with Gasteiger partial charge in [0.05, 0.1) is 24.8 Å². The lowest BCUT2D eigenvalue weighted by Gasteiger charge is -2.27. The number of amides is 2. The molecule has 0 atom stereocenters. The van der Waals surface area contributed by atoms with Crippen LogP contribution in [-0.4, -0.2) is 33.1 Å². The molecule has 4 rings (SSSR count). The van der Waals surface area contributed by atoms with Crippen molar-refractivity contribution in [3.05, 3.63) is 87.8 Å². The molecule has 1 aliphatic rings. The first-order valence-electron chi connectivity index (χ1n) is 10.8. The number of carbonyl (C=O) groups is 2. The molecule has 34 heavy (non-hydrogen) atoms. The molecule has 1 aliphatic heterocycles. The maximum absolute atomic E-state index is 13.1. The number of hydrogen-bond donors (Lipinski definition) is 1. The fourth-order valence-electron chi connectivity index (χ4n) is 3.62. The third kappa shape index (κ3) is 4.94. The minimum atomic E-state index is -0.180. The van der Waals surface area contributed by atoms with E-state index in [9.17, 15) is 9.59 Å². The van der Waals surface area contributed by atoms with Crippen molar-refractivity contribution >= 4 is 35.3 Å². The number of nitrogens with zero attached hydrogens (tertiary/aromatic N) is 1. The number of fused-ring (bicyclic) bond motifs is 1. The van der Waals surface area contributed by atoms with Crippen LogP contribution in [0.2, 0.25) is 0 Å². The first-order valence-corrected chi connectivity index (χ1v) is 11.6. The average molecular weight is 475 g/mol. The van der Waals surface area contributed by atoms with Crippen LogP contribution >= 0.6 is 11.8 Å². The summed E-state index contributed by atoms with van der Waals surface area (Å²) in [6, 6.07) is 19.0. The SMILES string of the molecule is COc1ccc(/C=C2\Sc3ccc(C(=O)NCc4ccc(C)cc4)cc3N(C)C2=O)cc1OC. The van der Waals surface area contributed by atoms with Gasteiger partial charge < -0.3 is 19.7 Å². The molecule has 1 heterocycles. The average Bonchev–Trinajstić information content (AvgIpc) is 2.86. The molecule has 6 nitrogen and oxygen atoms in total.